The quantitative estimate of drug-likeness (QED) is 0.887. The van der Waals surface area contributed by atoms with Crippen molar-refractivity contribution in [2.75, 3.05) is 19.6 Å². The number of furan rings is 1. The topological polar surface area (TPSA) is 71.5 Å². The second-order valence-electron chi connectivity index (χ2n) is 5.37. The van der Waals surface area contributed by atoms with E-state index in [4.69, 9.17) is 10.2 Å². The number of nitrogens with one attached hydrogen (secondary N) is 1. The average Bonchev–Trinajstić information content (AvgIpc) is 2.89. The summed E-state index contributed by atoms with van der Waals surface area (Å²) in [7, 11) is 0. The van der Waals surface area contributed by atoms with Gasteiger partial charge in [0.15, 0.2) is 0 Å². The summed E-state index contributed by atoms with van der Waals surface area (Å²) in [6.45, 7) is 4.26. The van der Waals surface area contributed by atoms with Gasteiger partial charge in [0.1, 0.15) is 17.4 Å². The Hall–Kier alpha value is -1.37. The molecule has 1 aliphatic heterocycles. The number of hydrogen-bond acceptors (Lipinski definition) is 4. The number of amides is 1. The Balaban J connectivity index is 1.91. The van der Waals surface area contributed by atoms with Crippen molar-refractivity contribution in [1.29, 1.82) is 0 Å². The number of carbonyl (C=O) groups is 1. The molecule has 5 nitrogen and oxygen atoms in total. The van der Waals surface area contributed by atoms with Gasteiger partial charge in [0, 0.05) is 29.5 Å². The first kappa shape index (κ1) is 14.6. The van der Waals surface area contributed by atoms with Crippen LogP contribution >= 0.6 is 15.9 Å². The number of hydrogen-bond donors (Lipinski definition) is 2. The van der Waals surface area contributed by atoms with Crippen LogP contribution in [0.4, 0.5) is 0 Å². The third kappa shape index (κ3) is 2.84. The van der Waals surface area contributed by atoms with Gasteiger partial charge in [-0.25, -0.2) is 0 Å². The average molecular weight is 352 g/mol. The largest absolute Gasteiger partial charge is 0.459 e. The van der Waals surface area contributed by atoms with Crippen LogP contribution in [0.25, 0.3) is 11.0 Å². The van der Waals surface area contributed by atoms with E-state index in [0.717, 1.165) is 34.3 Å². The number of rotatable bonds is 3. The predicted molar refractivity (Wildman–Crippen MR) is 84.9 cm³/mol. The number of halogens is 1. The lowest BCUT2D eigenvalue weighted by Gasteiger charge is -2.37. The minimum Gasteiger partial charge on any atom is -0.459 e. The van der Waals surface area contributed by atoms with E-state index in [9.17, 15) is 4.79 Å². The van der Waals surface area contributed by atoms with Crippen LogP contribution in [0.2, 0.25) is 0 Å². The zero-order chi connectivity index (χ0) is 15.0. The van der Waals surface area contributed by atoms with Crippen molar-refractivity contribution in [2.45, 2.75) is 19.0 Å². The Kier molecular flexibility index (Phi) is 4.01. The van der Waals surface area contributed by atoms with Crippen molar-refractivity contribution < 1.29 is 9.21 Å². The second-order valence-corrected chi connectivity index (χ2v) is 6.28. The number of piperazine rings is 1. The molecule has 1 saturated heterocycles. The van der Waals surface area contributed by atoms with Crippen LogP contribution in [0.1, 0.15) is 18.7 Å². The number of fused-ring (bicyclic) bond motifs is 1. The molecule has 0 bridgehead atoms. The Morgan fingerprint density at radius 2 is 2.33 bits per heavy atom. The van der Waals surface area contributed by atoms with Gasteiger partial charge in [-0.05, 0) is 31.2 Å². The zero-order valence-corrected chi connectivity index (χ0v) is 13.4. The predicted octanol–water partition coefficient (Wildman–Crippen LogP) is 2.02. The van der Waals surface area contributed by atoms with Gasteiger partial charge in [0.2, 0.25) is 5.91 Å². The Labute approximate surface area is 131 Å². The number of carbonyl (C=O) groups excluding carboxylic acids is 1. The van der Waals surface area contributed by atoms with Crippen molar-refractivity contribution in [3.05, 3.63) is 34.5 Å². The van der Waals surface area contributed by atoms with Crippen LogP contribution in [0.5, 0.6) is 0 Å². The maximum atomic E-state index is 11.6. The molecule has 0 saturated carbocycles. The summed E-state index contributed by atoms with van der Waals surface area (Å²) in [5.41, 5.74) is 6.36. The molecule has 0 aliphatic carbocycles. The lowest BCUT2D eigenvalue weighted by molar-refractivity contribution is -0.124. The lowest BCUT2D eigenvalue weighted by atomic mass is 10.1. The Bertz CT molecular complexity index is 670. The van der Waals surface area contributed by atoms with Crippen LogP contribution in [-0.4, -0.2) is 36.5 Å². The van der Waals surface area contributed by atoms with E-state index in [1.54, 1.807) is 0 Å². The van der Waals surface area contributed by atoms with Crippen LogP contribution in [-0.2, 0) is 4.79 Å². The van der Waals surface area contributed by atoms with Crippen LogP contribution in [0.15, 0.2) is 33.2 Å². The molecule has 3 N–H and O–H groups in total. The monoisotopic (exact) mass is 351 g/mol. The van der Waals surface area contributed by atoms with Crippen molar-refractivity contribution >= 4 is 32.8 Å². The lowest BCUT2D eigenvalue weighted by Crippen LogP contribution is -2.57. The fourth-order valence-electron chi connectivity index (χ4n) is 2.85. The first-order valence-electron chi connectivity index (χ1n) is 7.01. The van der Waals surface area contributed by atoms with E-state index in [-0.39, 0.29) is 18.0 Å². The maximum Gasteiger partial charge on any atom is 0.236 e. The molecule has 0 radical (unpaired) electrons. The van der Waals surface area contributed by atoms with E-state index in [0.29, 0.717) is 6.54 Å². The van der Waals surface area contributed by atoms with Gasteiger partial charge in [0.25, 0.3) is 0 Å². The molecular formula is C15H18BrN3O2. The zero-order valence-electron chi connectivity index (χ0n) is 11.8. The molecule has 1 aliphatic rings. The first-order valence-corrected chi connectivity index (χ1v) is 7.80. The summed E-state index contributed by atoms with van der Waals surface area (Å²) >= 11 is 3.46. The van der Waals surface area contributed by atoms with E-state index >= 15 is 0 Å². The molecule has 2 heterocycles. The van der Waals surface area contributed by atoms with Gasteiger partial charge in [-0.2, -0.15) is 0 Å². The molecular weight excluding hydrogens is 334 g/mol. The van der Waals surface area contributed by atoms with Gasteiger partial charge in [0.05, 0.1) is 6.04 Å². The molecule has 112 valence electrons. The third-order valence-electron chi connectivity index (χ3n) is 4.02. The second kappa shape index (κ2) is 5.79. The summed E-state index contributed by atoms with van der Waals surface area (Å²) < 4.78 is 6.95. The highest BCUT2D eigenvalue weighted by atomic mass is 79.9. The van der Waals surface area contributed by atoms with Crippen molar-refractivity contribution in [1.82, 2.24) is 10.2 Å². The molecule has 1 fully saturated rings. The standard InChI is InChI=1S/C15H18BrN3O2/c1-9(19-5-4-18-8-12(19)15(17)20)14-7-10-6-11(16)2-3-13(10)21-14/h2-3,6-7,9,12,18H,4-5,8H2,1H3,(H2,17,20). The molecule has 3 rings (SSSR count). The normalized spacial score (nSPS) is 21.5. The fraction of sp³-hybridized carbons (Fsp3) is 0.400. The minimum absolute atomic E-state index is 0.00998. The van der Waals surface area contributed by atoms with Crippen molar-refractivity contribution in [3.8, 4) is 0 Å². The molecule has 0 spiro atoms. The number of nitrogens with two attached hydrogens (primary N) is 1. The molecule has 6 heteroatoms. The number of benzene rings is 1. The van der Waals surface area contributed by atoms with Crippen molar-refractivity contribution in [2.24, 2.45) is 5.73 Å². The maximum absolute atomic E-state index is 11.6. The fourth-order valence-corrected chi connectivity index (χ4v) is 3.23. The summed E-state index contributed by atoms with van der Waals surface area (Å²) in [5, 5.41) is 4.26. The first-order chi connectivity index (χ1) is 10.1. The van der Waals surface area contributed by atoms with E-state index in [1.165, 1.54) is 0 Å². The van der Waals surface area contributed by atoms with Crippen molar-refractivity contribution in [3.63, 3.8) is 0 Å². The van der Waals surface area contributed by atoms with E-state index < -0.39 is 0 Å². The highest BCUT2D eigenvalue weighted by molar-refractivity contribution is 9.10. The highest BCUT2D eigenvalue weighted by Crippen LogP contribution is 2.30. The van der Waals surface area contributed by atoms with Gasteiger partial charge >= 0.3 is 0 Å². The van der Waals surface area contributed by atoms with E-state index in [1.807, 2.05) is 31.2 Å². The molecule has 1 aromatic heterocycles. The molecule has 2 unspecified atom stereocenters. The molecule has 1 amide bonds. The Morgan fingerprint density at radius 3 is 3.10 bits per heavy atom. The molecule has 21 heavy (non-hydrogen) atoms. The number of nitrogens with zero attached hydrogens (tertiary/aromatic N) is 1. The summed E-state index contributed by atoms with van der Waals surface area (Å²) in [6.07, 6.45) is 0. The van der Waals surface area contributed by atoms with Crippen LogP contribution < -0.4 is 11.1 Å². The molecule has 2 atom stereocenters. The van der Waals surface area contributed by atoms with Gasteiger partial charge in [-0.15, -0.1) is 0 Å². The number of primary amides is 1. The minimum atomic E-state index is -0.298. The van der Waals surface area contributed by atoms with E-state index in [2.05, 4.69) is 26.1 Å². The highest BCUT2D eigenvalue weighted by Gasteiger charge is 2.32. The molecule has 2 aromatic rings. The Morgan fingerprint density at radius 1 is 1.52 bits per heavy atom. The van der Waals surface area contributed by atoms with Gasteiger partial charge in [-0.1, -0.05) is 15.9 Å². The third-order valence-corrected chi connectivity index (χ3v) is 4.51. The summed E-state index contributed by atoms with van der Waals surface area (Å²) in [6, 6.07) is 7.67. The SMILES string of the molecule is CC(c1cc2cc(Br)ccc2o1)N1CCNCC1C(N)=O. The van der Waals surface area contributed by atoms with Gasteiger partial charge in [-0.3, -0.25) is 9.69 Å². The summed E-state index contributed by atoms with van der Waals surface area (Å²) in [4.78, 5) is 13.7. The smallest absolute Gasteiger partial charge is 0.236 e. The van der Waals surface area contributed by atoms with Crippen LogP contribution in [0, 0.1) is 0 Å². The molecule has 1 aromatic carbocycles. The van der Waals surface area contributed by atoms with Crippen LogP contribution in [0.3, 0.4) is 0 Å². The summed E-state index contributed by atoms with van der Waals surface area (Å²) in [5.74, 6) is 0.559. The van der Waals surface area contributed by atoms with Gasteiger partial charge < -0.3 is 15.5 Å².